The van der Waals surface area contributed by atoms with Crippen molar-refractivity contribution in [2.45, 2.75) is 50.0 Å². The van der Waals surface area contributed by atoms with Crippen LogP contribution in [0.3, 0.4) is 0 Å². The molecule has 11 heteroatoms. The molecule has 2 heterocycles. The van der Waals surface area contributed by atoms with Crippen LogP contribution in [0.2, 0.25) is 10.0 Å². The zero-order valence-electron chi connectivity index (χ0n) is 26.4. The van der Waals surface area contributed by atoms with Gasteiger partial charge in [-0.3, -0.25) is 14.4 Å². The van der Waals surface area contributed by atoms with E-state index in [1.807, 2.05) is 41.3 Å². The Morgan fingerprint density at radius 1 is 1.00 bits per heavy atom. The smallest absolute Gasteiger partial charge is 0.308 e. The molecule has 2 saturated heterocycles. The molecule has 2 fully saturated rings. The number of ether oxygens (including phenoxy) is 3. The summed E-state index contributed by atoms with van der Waals surface area (Å²) in [7, 11) is 2.86. The van der Waals surface area contributed by atoms with Gasteiger partial charge in [0.05, 0.1) is 35.2 Å². The minimum Gasteiger partial charge on any atom is -0.493 e. The summed E-state index contributed by atoms with van der Waals surface area (Å²) in [6, 6.07) is 18.1. The number of likely N-dealkylation sites (tertiary alicyclic amines) is 1. The van der Waals surface area contributed by atoms with Crippen molar-refractivity contribution in [3.8, 4) is 17.2 Å². The number of piperidine rings is 1. The highest BCUT2D eigenvalue weighted by Crippen LogP contribution is 2.59. The highest BCUT2D eigenvalue weighted by molar-refractivity contribution is 6.42. The molecule has 3 N–H and O–H groups in total. The fraction of sp³-hybridized carbons (Fsp3) is 0.400. The van der Waals surface area contributed by atoms with Gasteiger partial charge in [-0.2, -0.15) is 0 Å². The number of esters is 1. The lowest BCUT2D eigenvalue weighted by Crippen LogP contribution is -2.70. The number of benzene rings is 3. The van der Waals surface area contributed by atoms with E-state index in [9.17, 15) is 14.4 Å². The summed E-state index contributed by atoms with van der Waals surface area (Å²) in [6.07, 6.45) is 1.56. The van der Waals surface area contributed by atoms with Gasteiger partial charge in [0.25, 0.3) is 5.91 Å². The number of primary amides is 1. The van der Waals surface area contributed by atoms with Crippen LogP contribution in [-0.2, 0) is 15.0 Å². The van der Waals surface area contributed by atoms with Gasteiger partial charge in [0.2, 0.25) is 11.7 Å². The molecule has 3 aromatic rings. The lowest BCUT2D eigenvalue weighted by Gasteiger charge is -2.61. The highest BCUT2D eigenvalue weighted by atomic mass is 35.5. The van der Waals surface area contributed by atoms with Crippen molar-refractivity contribution in [2.24, 2.45) is 11.7 Å². The lowest BCUT2D eigenvalue weighted by atomic mass is 9.51. The fourth-order valence-electron chi connectivity index (χ4n) is 7.86. The second-order valence-electron chi connectivity index (χ2n) is 11.9. The van der Waals surface area contributed by atoms with Crippen molar-refractivity contribution in [1.82, 2.24) is 10.2 Å². The molecule has 46 heavy (non-hydrogen) atoms. The number of nitrogens with one attached hydrogen (secondary N) is 1. The van der Waals surface area contributed by atoms with Crippen molar-refractivity contribution < 1.29 is 28.6 Å². The largest absolute Gasteiger partial charge is 0.493 e. The van der Waals surface area contributed by atoms with Crippen LogP contribution < -0.4 is 25.3 Å². The maximum Gasteiger partial charge on any atom is 0.308 e. The van der Waals surface area contributed by atoms with Crippen LogP contribution in [-0.4, -0.2) is 62.1 Å². The van der Waals surface area contributed by atoms with Crippen molar-refractivity contribution in [1.29, 1.82) is 0 Å². The number of nitrogens with zero attached hydrogens (tertiary/aromatic N) is 1. The first-order valence-corrected chi connectivity index (χ1v) is 16.1. The fourth-order valence-corrected chi connectivity index (χ4v) is 8.16. The Bertz CT molecular complexity index is 1600. The summed E-state index contributed by atoms with van der Waals surface area (Å²) in [5.74, 6) is -1.51. The summed E-state index contributed by atoms with van der Waals surface area (Å²) < 4.78 is 16.5. The average Bonchev–Trinajstić information content (AvgIpc) is 3.61. The molecule has 2 amide bonds. The molecule has 0 bridgehead atoms. The first-order chi connectivity index (χ1) is 22.0. The van der Waals surface area contributed by atoms with E-state index >= 15 is 0 Å². The maximum absolute atomic E-state index is 14.9. The Morgan fingerprint density at radius 3 is 2.20 bits per heavy atom. The van der Waals surface area contributed by atoms with Crippen LogP contribution in [0.15, 0.2) is 60.7 Å². The minimum absolute atomic E-state index is 0.0484. The summed E-state index contributed by atoms with van der Waals surface area (Å²) in [5, 5.41) is 4.22. The third kappa shape index (κ3) is 5.58. The summed E-state index contributed by atoms with van der Waals surface area (Å²) >= 11 is 13.1. The molecule has 0 spiro atoms. The molecule has 2 aliphatic heterocycles. The van der Waals surface area contributed by atoms with E-state index in [1.165, 1.54) is 21.1 Å². The number of methoxy groups -OCH3 is 2. The van der Waals surface area contributed by atoms with Gasteiger partial charge in [0.1, 0.15) is 0 Å². The quantitative estimate of drug-likeness (QED) is 0.220. The van der Waals surface area contributed by atoms with Crippen LogP contribution in [0.25, 0.3) is 0 Å². The van der Waals surface area contributed by atoms with E-state index in [0.717, 1.165) is 24.1 Å². The van der Waals surface area contributed by atoms with Gasteiger partial charge >= 0.3 is 5.97 Å². The van der Waals surface area contributed by atoms with E-state index in [4.69, 9.17) is 43.1 Å². The molecular weight excluding hydrogens is 629 g/mol. The second-order valence-corrected chi connectivity index (χ2v) is 12.7. The SMILES string of the molecule is CCC1(C2CCNC2)C(c2ccc(Cl)c(Cl)c2)C(C(N)=O)(c2ccccc2)CCN1C(=O)c1cc(OC)c(OC(C)=O)c(OC)c1. The average molecular weight is 669 g/mol. The van der Waals surface area contributed by atoms with Gasteiger partial charge in [-0.15, -0.1) is 0 Å². The zero-order chi connectivity index (χ0) is 33.2. The predicted octanol–water partition coefficient (Wildman–Crippen LogP) is 5.75. The molecule has 4 atom stereocenters. The molecule has 4 unspecified atom stereocenters. The van der Waals surface area contributed by atoms with Crippen molar-refractivity contribution in [3.05, 3.63) is 87.4 Å². The number of rotatable bonds is 9. The second kappa shape index (κ2) is 13.5. The summed E-state index contributed by atoms with van der Waals surface area (Å²) in [6.45, 7) is 4.97. The van der Waals surface area contributed by atoms with Crippen molar-refractivity contribution in [3.63, 3.8) is 0 Å². The first-order valence-electron chi connectivity index (χ1n) is 15.3. The van der Waals surface area contributed by atoms with Crippen LogP contribution in [0, 0.1) is 5.92 Å². The number of carbonyl (C=O) groups is 3. The van der Waals surface area contributed by atoms with E-state index in [0.29, 0.717) is 23.0 Å². The van der Waals surface area contributed by atoms with Gasteiger partial charge in [-0.05, 0) is 67.1 Å². The third-order valence-corrected chi connectivity index (χ3v) is 10.5. The molecule has 9 nitrogen and oxygen atoms in total. The Hall–Kier alpha value is -3.79. The molecule has 3 aromatic carbocycles. The van der Waals surface area contributed by atoms with Gasteiger partial charge in [0, 0.05) is 31.5 Å². The van der Waals surface area contributed by atoms with Crippen LogP contribution in [0.1, 0.15) is 60.5 Å². The lowest BCUT2D eigenvalue weighted by molar-refractivity contribution is -0.132. The van der Waals surface area contributed by atoms with Gasteiger partial charge in [-0.1, -0.05) is 66.5 Å². The van der Waals surface area contributed by atoms with Crippen LogP contribution in [0.4, 0.5) is 0 Å². The van der Waals surface area contributed by atoms with E-state index < -0.39 is 28.7 Å². The third-order valence-electron chi connectivity index (χ3n) is 9.76. The number of carbonyl (C=O) groups excluding carboxylic acids is 3. The van der Waals surface area contributed by atoms with Gasteiger partial charge < -0.3 is 30.2 Å². The molecule has 5 rings (SSSR count). The van der Waals surface area contributed by atoms with E-state index in [2.05, 4.69) is 12.2 Å². The number of amides is 2. The molecule has 0 saturated carbocycles. The highest BCUT2D eigenvalue weighted by Gasteiger charge is 2.64. The Labute approximate surface area is 279 Å². The molecule has 0 radical (unpaired) electrons. The molecule has 244 valence electrons. The number of nitrogens with two attached hydrogens (primary N) is 1. The van der Waals surface area contributed by atoms with Gasteiger partial charge in [0.15, 0.2) is 11.5 Å². The zero-order valence-corrected chi connectivity index (χ0v) is 27.9. The Kier molecular flexibility index (Phi) is 9.86. The number of hydrogen-bond donors (Lipinski definition) is 2. The van der Waals surface area contributed by atoms with Crippen molar-refractivity contribution in [2.75, 3.05) is 33.9 Å². The first kappa shape index (κ1) is 33.6. The molecule has 0 aromatic heterocycles. The summed E-state index contributed by atoms with van der Waals surface area (Å²) in [5.41, 5.74) is 6.23. The topological polar surface area (TPSA) is 120 Å². The molecule has 2 aliphatic rings. The molecular formula is C35H39Cl2N3O6. The van der Waals surface area contributed by atoms with Crippen LogP contribution in [0.5, 0.6) is 17.2 Å². The Balaban J connectivity index is 1.79. The van der Waals surface area contributed by atoms with E-state index in [-0.39, 0.29) is 47.6 Å². The summed E-state index contributed by atoms with van der Waals surface area (Å²) in [4.78, 5) is 42.7. The number of hydrogen-bond acceptors (Lipinski definition) is 7. The monoisotopic (exact) mass is 667 g/mol. The molecule has 0 aliphatic carbocycles. The standard InChI is InChI=1S/C35H39Cl2N3O6/c1-5-35(25-13-15-39-20-25)31(22-11-12-26(36)27(37)17-22)34(33(38)43,24-9-7-6-8-10-24)14-16-40(35)32(42)23-18-28(44-3)30(46-21(2)41)29(19-23)45-4/h6-12,17-19,25,31,39H,5,13-16,20H2,1-4H3,(H2,38,43). The van der Waals surface area contributed by atoms with E-state index in [1.54, 1.807) is 24.3 Å². The predicted molar refractivity (Wildman–Crippen MR) is 177 cm³/mol. The van der Waals surface area contributed by atoms with Gasteiger partial charge in [-0.25, -0.2) is 0 Å². The maximum atomic E-state index is 14.9. The normalized spacial score (nSPS) is 24.3. The van der Waals surface area contributed by atoms with Crippen molar-refractivity contribution >= 4 is 41.0 Å². The minimum atomic E-state index is -1.18. The van der Waals surface area contributed by atoms with Crippen LogP contribution >= 0.6 is 23.2 Å². The number of halogens is 2. The Morgan fingerprint density at radius 2 is 1.67 bits per heavy atom.